The van der Waals surface area contributed by atoms with Crippen molar-refractivity contribution < 1.29 is 13.9 Å². The molecule has 25 heavy (non-hydrogen) atoms. The third-order valence-corrected chi connectivity index (χ3v) is 4.13. The highest BCUT2D eigenvalue weighted by molar-refractivity contribution is 5.85. The Kier molecular flexibility index (Phi) is 6.99. The lowest BCUT2D eigenvalue weighted by atomic mass is 10.1. The van der Waals surface area contributed by atoms with Crippen molar-refractivity contribution in [1.29, 1.82) is 0 Å². The van der Waals surface area contributed by atoms with Crippen molar-refractivity contribution >= 4 is 18.3 Å². The molecule has 2 N–H and O–H groups in total. The Morgan fingerprint density at radius 1 is 1.36 bits per heavy atom. The van der Waals surface area contributed by atoms with Gasteiger partial charge in [0.1, 0.15) is 12.3 Å². The molecule has 0 bridgehead atoms. The van der Waals surface area contributed by atoms with Crippen molar-refractivity contribution in [2.45, 2.75) is 32.4 Å². The largest absolute Gasteiger partial charge is 0.444 e. The fourth-order valence-corrected chi connectivity index (χ4v) is 2.70. The minimum Gasteiger partial charge on any atom is -0.444 e. The van der Waals surface area contributed by atoms with E-state index in [0.717, 1.165) is 11.3 Å². The predicted octanol–water partition coefficient (Wildman–Crippen LogP) is 2.11. The summed E-state index contributed by atoms with van der Waals surface area (Å²) < 4.78 is 11.0. The lowest BCUT2D eigenvalue weighted by molar-refractivity contribution is -0.128. The number of rotatable bonds is 5. The molecule has 1 saturated heterocycles. The summed E-state index contributed by atoms with van der Waals surface area (Å²) in [5.74, 6) is 0.566. The average Bonchev–Trinajstić information content (AvgIpc) is 3.04. The lowest BCUT2D eigenvalue weighted by Gasteiger charge is -2.29. The molecule has 0 spiro atoms. The normalized spacial score (nSPS) is 19.9. The highest BCUT2D eigenvalue weighted by atomic mass is 35.5. The second-order valence-electron chi connectivity index (χ2n) is 6.06. The van der Waals surface area contributed by atoms with E-state index in [9.17, 15) is 4.79 Å². The Morgan fingerprint density at radius 3 is 2.84 bits per heavy atom. The van der Waals surface area contributed by atoms with Gasteiger partial charge in [-0.1, -0.05) is 17.7 Å². The molecule has 7 heteroatoms. The maximum absolute atomic E-state index is 12.2. The van der Waals surface area contributed by atoms with Gasteiger partial charge in [0.05, 0.1) is 18.4 Å². The van der Waals surface area contributed by atoms with Gasteiger partial charge in [0.25, 0.3) is 0 Å². The number of hydrogen-bond donors (Lipinski definition) is 2. The van der Waals surface area contributed by atoms with Crippen LogP contribution in [0.1, 0.15) is 18.2 Å². The smallest absolute Gasteiger partial charge is 0.239 e. The molecule has 3 rings (SSSR count). The second-order valence-corrected chi connectivity index (χ2v) is 6.06. The molecule has 1 fully saturated rings. The Bertz CT molecular complexity index is 687. The zero-order chi connectivity index (χ0) is 16.9. The second kappa shape index (κ2) is 8.99. The van der Waals surface area contributed by atoms with Crippen LogP contribution in [-0.4, -0.2) is 42.7 Å². The van der Waals surface area contributed by atoms with Crippen LogP contribution in [-0.2, 0) is 16.0 Å². The van der Waals surface area contributed by atoms with Crippen LogP contribution in [0.5, 0.6) is 0 Å². The molecule has 0 radical (unpaired) electrons. The molecule has 0 aliphatic carbocycles. The number of nitrogens with zero attached hydrogens (tertiary/aromatic N) is 1. The molecule has 2 atom stereocenters. The summed E-state index contributed by atoms with van der Waals surface area (Å²) >= 11 is 0. The van der Waals surface area contributed by atoms with E-state index in [-0.39, 0.29) is 30.5 Å². The predicted molar refractivity (Wildman–Crippen MR) is 97.8 cm³/mol. The van der Waals surface area contributed by atoms with E-state index in [1.807, 2.05) is 38.1 Å². The molecule has 1 aromatic carbocycles. The van der Waals surface area contributed by atoms with Gasteiger partial charge in [-0.05, 0) is 26.0 Å². The maximum atomic E-state index is 12.2. The first-order valence-corrected chi connectivity index (χ1v) is 8.27. The van der Waals surface area contributed by atoms with Crippen LogP contribution < -0.4 is 10.6 Å². The fraction of sp³-hybridized carbons (Fsp3) is 0.444. The molecule has 136 valence electrons. The number of amides is 1. The summed E-state index contributed by atoms with van der Waals surface area (Å²) in [5.41, 5.74) is 2.97. The minimum atomic E-state index is -0.292. The monoisotopic (exact) mass is 365 g/mol. The van der Waals surface area contributed by atoms with Crippen molar-refractivity contribution in [1.82, 2.24) is 15.6 Å². The molecule has 1 aliphatic rings. The number of aromatic nitrogens is 1. The van der Waals surface area contributed by atoms with Crippen LogP contribution in [0, 0.1) is 6.92 Å². The fourth-order valence-electron chi connectivity index (χ4n) is 2.70. The highest BCUT2D eigenvalue weighted by Crippen LogP contribution is 2.19. The van der Waals surface area contributed by atoms with E-state index in [0.29, 0.717) is 32.0 Å². The number of ether oxygens (including phenoxy) is 1. The first kappa shape index (κ1) is 19.4. The van der Waals surface area contributed by atoms with Gasteiger partial charge >= 0.3 is 0 Å². The zero-order valence-corrected chi connectivity index (χ0v) is 15.3. The number of aryl methyl sites for hydroxylation is 1. The number of carbonyl (C=O) groups is 1. The van der Waals surface area contributed by atoms with E-state index in [2.05, 4.69) is 15.6 Å². The van der Waals surface area contributed by atoms with Crippen LogP contribution in [0.4, 0.5) is 0 Å². The maximum Gasteiger partial charge on any atom is 0.239 e. The lowest BCUT2D eigenvalue weighted by Crippen LogP contribution is -2.55. The van der Waals surface area contributed by atoms with Crippen molar-refractivity contribution in [3.8, 4) is 11.5 Å². The third-order valence-electron chi connectivity index (χ3n) is 4.13. The van der Waals surface area contributed by atoms with Gasteiger partial charge in [-0.25, -0.2) is 4.98 Å². The summed E-state index contributed by atoms with van der Waals surface area (Å²) in [7, 11) is 0. The van der Waals surface area contributed by atoms with E-state index in [1.165, 1.54) is 5.56 Å². The first-order valence-electron chi connectivity index (χ1n) is 8.27. The molecule has 2 heterocycles. The Hall–Kier alpha value is -1.89. The van der Waals surface area contributed by atoms with Crippen molar-refractivity contribution in [2.75, 3.05) is 19.7 Å². The molecule has 1 aliphatic heterocycles. The minimum absolute atomic E-state index is 0. The Balaban J connectivity index is 0.00000225. The molecule has 6 nitrogen and oxygen atoms in total. The van der Waals surface area contributed by atoms with Gasteiger partial charge in [-0.3, -0.25) is 4.79 Å². The van der Waals surface area contributed by atoms with Gasteiger partial charge in [0.2, 0.25) is 11.8 Å². The van der Waals surface area contributed by atoms with Crippen molar-refractivity contribution in [2.24, 2.45) is 0 Å². The van der Waals surface area contributed by atoms with Crippen LogP contribution in [0.15, 0.2) is 34.9 Å². The van der Waals surface area contributed by atoms with Crippen LogP contribution in [0.3, 0.4) is 0 Å². The molecular formula is C18H24ClN3O3. The number of morpholine rings is 1. The zero-order valence-electron chi connectivity index (χ0n) is 14.5. The van der Waals surface area contributed by atoms with Gasteiger partial charge in [0.15, 0.2) is 0 Å². The number of oxazole rings is 1. The molecular weight excluding hydrogens is 342 g/mol. The Labute approximate surface area is 153 Å². The topological polar surface area (TPSA) is 76.4 Å². The molecule has 1 amide bonds. The SMILES string of the molecule is Cc1ccc(-c2nc(CCNC(=O)[C@H]3NCCO[C@@H]3C)co2)cc1.Cl. The van der Waals surface area contributed by atoms with Crippen molar-refractivity contribution in [3.63, 3.8) is 0 Å². The summed E-state index contributed by atoms with van der Waals surface area (Å²) in [4.78, 5) is 16.6. The molecule has 2 aromatic rings. The standard InChI is InChI=1S/C18H23N3O3.ClH/c1-12-3-5-14(6-4-12)18-21-15(11-24-18)7-8-20-17(22)16-13(2)23-10-9-19-16;/h3-6,11,13,16,19H,7-10H2,1-2H3,(H,20,22);1H/t13-,16+;/m1./s1. The number of nitrogens with one attached hydrogen (secondary N) is 2. The van der Waals surface area contributed by atoms with Crippen LogP contribution >= 0.6 is 12.4 Å². The number of carbonyl (C=O) groups excluding carboxylic acids is 1. The molecule has 0 unspecified atom stereocenters. The summed E-state index contributed by atoms with van der Waals surface area (Å²) in [6, 6.07) is 7.74. The van der Waals surface area contributed by atoms with Crippen molar-refractivity contribution in [3.05, 3.63) is 41.8 Å². The summed E-state index contributed by atoms with van der Waals surface area (Å²) in [6.45, 7) is 5.81. The molecule has 0 saturated carbocycles. The first-order chi connectivity index (χ1) is 11.6. The number of hydrogen-bond acceptors (Lipinski definition) is 5. The highest BCUT2D eigenvalue weighted by Gasteiger charge is 2.27. The van der Waals surface area contributed by atoms with E-state index in [4.69, 9.17) is 9.15 Å². The summed E-state index contributed by atoms with van der Waals surface area (Å²) in [5, 5.41) is 6.10. The number of benzene rings is 1. The Morgan fingerprint density at radius 2 is 2.12 bits per heavy atom. The van der Waals surface area contributed by atoms with Crippen LogP contribution in [0.2, 0.25) is 0 Å². The van der Waals surface area contributed by atoms with Gasteiger partial charge in [-0.15, -0.1) is 12.4 Å². The third kappa shape index (κ3) is 5.04. The average molecular weight is 366 g/mol. The van der Waals surface area contributed by atoms with Gasteiger partial charge in [-0.2, -0.15) is 0 Å². The van der Waals surface area contributed by atoms with Crippen LogP contribution in [0.25, 0.3) is 11.5 Å². The number of halogens is 1. The molecule has 1 aromatic heterocycles. The van der Waals surface area contributed by atoms with E-state index in [1.54, 1.807) is 6.26 Å². The summed E-state index contributed by atoms with van der Waals surface area (Å²) in [6.07, 6.45) is 2.16. The quantitative estimate of drug-likeness (QED) is 0.848. The van der Waals surface area contributed by atoms with E-state index < -0.39 is 0 Å². The van der Waals surface area contributed by atoms with E-state index >= 15 is 0 Å². The van der Waals surface area contributed by atoms with Gasteiger partial charge < -0.3 is 19.8 Å². The van der Waals surface area contributed by atoms with Gasteiger partial charge in [0, 0.05) is 25.1 Å².